The predicted molar refractivity (Wildman–Crippen MR) is 67.3 cm³/mol. The van der Waals surface area contributed by atoms with Gasteiger partial charge in [0.1, 0.15) is 6.61 Å². The van der Waals surface area contributed by atoms with Gasteiger partial charge in [0.2, 0.25) is 0 Å². The van der Waals surface area contributed by atoms with Crippen LogP contribution in [-0.2, 0) is 6.61 Å². The highest BCUT2D eigenvalue weighted by Crippen LogP contribution is 2.22. The fourth-order valence-electron chi connectivity index (χ4n) is 1.68. The molecular weight excluding hydrogens is 245 g/mol. The molecule has 19 heavy (non-hydrogen) atoms. The molecule has 0 saturated heterocycles. The van der Waals surface area contributed by atoms with E-state index in [0.29, 0.717) is 17.4 Å². The first-order valence-corrected chi connectivity index (χ1v) is 5.60. The molecule has 0 aromatic heterocycles. The Hall–Kier alpha value is -2.67. The summed E-state index contributed by atoms with van der Waals surface area (Å²) in [6.07, 6.45) is 0.536. The normalized spacial score (nSPS) is 9.68. The minimum atomic E-state index is -0.598. The largest absolute Gasteiger partial charge is 0.485 e. The van der Waals surface area contributed by atoms with E-state index < -0.39 is 5.82 Å². The van der Waals surface area contributed by atoms with Crippen LogP contribution in [0.15, 0.2) is 42.5 Å². The van der Waals surface area contributed by atoms with Gasteiger partial charge in [0, 0.05) is 5.56 Å². The monoisotopic (exact) mass is 255 g/mol. The van der Waals surface area contributed by atoms with E-state index in [0.717, 1.165) is 0 Å². The lowest BCUT2D eigenvalue weighted by Crippen LogP contribution is -2.02. The van der Waals surface area contributed by atoms with Crippen molar-refractivity contribution in [3.8, 4) is 11.8 Å². The number of para-hydroxylation sites is 1. The van der Waals surface area contributed by atoms with Crippen molar-refractivity contribution in [2.75, 3.05) is 0 Å². The van der Waals surface area contributed by atoms with Gasteiger partial charge in [-0.05, 0) is 18.2 Å². The second-order valence-corrected chi connectivity index (χ2v) is 3.83. The second-order valence-electron chi connectivity index (χ2n) is 3.83. The van der Waals surface area contributed by atoms with Crippen LogP contribution in [0, 0.1) is 17.1 Å². The van der Waals surface area contributed by atoms with Gasteiger partial charge in [0.05, 0.1) is 17.2 Å². The smallest absolute Gasteiger partial charge is 0.165 e. The van der Waals surface area contributed by atoms with Crippen LogP contribution in [0.1, 0.15) is 21.5 Å². The van der Waals surface area contributed by atoms with Crippen LogP contribution < -0.4 is 4.74 Å². The zero-order valence-corrected chi connectivity index (χ0v) is 9.97. The van der Waals surface area contributed by atoms with Crippen molar-refractivity contribution in [1.29, 1.82) is 5.26 Å². The Bertz CT molecular complexity index is 647. The molecule has 4 heteroatoms. The second kappa shape index (κ2) is 5.78. The molecule has 2 aromatic rings. The van der Waals surface area contributed by atoms with Crippen LogP contribution in [0.4, 0.5) is 4.39 Å². The number of hydrogen-bond acceptors (Lipinski definition) is 3. The summed E-state index contributed by atoms with van der Waals surface area (Å²) in [4.78, 5) is 10.8. The van der Waals surface area contributed by atoms with E-state index >= 15 is 0 Å². The third-order valence-electron chi connectivity index (χ3n) is 2.63. The van der Waals surface area contributed by atoms with Crippen molar-refractivity contribution in [3.63, 3.8) is 0 Å². The number of nitrogens with zero attached hydrogens (tertiary/aromatic N) is 1. The van der Waals surface area contributed by atoms with Crippen molar-refractivity contribution in [2.24, 2.45) is 0 Å². The van der Waals surface area contributed by atoms with Crippen LogP contribution in [-0.4, -0.2) is 6.29 Å². The molecule has 0 fully saturated rings. The minimum Gasteiger partial charge on any atom is -0.485 e. The molecule has 0 N–H and O–H groups in total. The zero-order valence-electron chi connectivity index (χ0n) is 9.97. The molecule has 0 aliphatic rings. The Morgan fingerprint density at radius 3 is 2.74 bits per heavy atom. The first kappa shape index (κ1) is 12.8. The lowest BCUT2D eigenvalue weighted by molar-refractivity contribution is 0.111. The molecule has 0 radical (unpaired) electrons. The summed E-state index contributed by atoms with van der Waals surface area (Å²) in [6, 6.07) is 13.0. The standard InChI is InChI=1S/C15H10FNO2/c16-14-7-3-6-12(9-18)15(14)19-10-13-5-2-1-4-11(13)8-17/h1-7,9H,10H2. The molecule has 0 amide bonds. The molecule has 0 unspecified atom stereocenters. The zero-order chi connectivity index (χ0) is 13.7. The van der Waals surface area contributed by atoms with Crippen molar-refractivity contribution in [2.45, 2.75) is 6.61 Å². The lowest BCUT2D eigenvalue weighted by atomic mass is 10.1. The maximum Gasteiger partial charge on any atom is 0.165 e. The topological polar surface area (TPSA) is 50.1 Å². The summed E-state index contributed by atoms with van der Waals surface area (Å²) in [5.74, 6) is -0.690. The number of benzene rings is 2. The van der Waals surface area contributed by atoms with Crippen LogP contribution >= 0.6 is 0 Å². The number of aldehydes is 1. The average molecular weight is 255 g/mol. The van der Waals surface area contributed by atoms with E-state index in [4.69, 9.17) is 10.00 Å². The summed E-state index contributed by atoms with van der Waals surface area (Å²) < 4.78 is 18.9. The van der Waals surface area contributed by atoms with Crippen molar-refractivity contribution >= 4 is 6.29 Å². The Labute approximate surface area is 109 Å². The molecule has 0 atom stereocenters. The number of carbonyl (C=O) groups excluding carboxylic acids is 1. The van der Waals surface area contributed by atoms with Crippen LogP contribution in [0.5, 0.6) is 5.75 Å². The van der Waals surface area contributed by atoms with E-state index in [2.05, 4.69) is 0 Å². The Balaban J connectivity index is 2.24. The molecular formula is C15H10FNO2. The van der Waals surface area contributed by atoms with E-state index in [-0.39, 0.29) is 17.9 Å². The van der Waals surface area contributed by atoms with Gasteiger partial charge < -0.3 is 4.74 Å². The number of halogens is 1. The molecule has 0 saturated carbocycles. The van der Waals surface area contributed by atoms with E-state index in [1.165, 1.54) is 18.2 Å². The molecule has 94 valence electrons. The number of carbonyl (C=O) groups is 1. The summed E-state index contributed by atoms with van der Waals surface area (Å²) in [5.41, 5.74) is 1.26. The summed E-state index contributed by atoms with van der Waals surface area (Å²) in [5, 5.41) is 8.94. The molecule has 0 heterocycles. The number of nitriles is 1. The van der Waals surface area contributed by atoms with Gasteiger partial charge in [-0.2, -0.15) is 5.26 Å². The van der Waals surface area contributed by atoms with Gasteiger partial charge in [-0.15, -0.1) is 0 Å². The average Bonchev–Trinajstić information content (AvgIpc) is 2.46. The first-order chi connectivity index (χ1) is 9.26. The summed E-state index contributed by atoms with van der Waals surface area (Å²) in [7, 11) is 0. The molecule has 3 nitrogen and oxygen atoms in total. The van der Waals surface area contributed by atoms with Gasteiger partial charge in [0.15, 0.2) is 17.9 Å². The Morgan fingerprint density at radius 1 is 1.21 bits per heavy atom. The fourth-order valence-corrected chi connectivity index (χ4v) is 1.68. The summed E-state index contributed by atoms with van der Waals surface area (Å²) in [6.45, 7) is 0.0332. The highest BCUT2D eigenvalue weighted by atomic mass is 19.1. The maximum atomic E-state index is 13.6. The van der Waals surface area contributed by atoms with E-state index in [9.17, 15) is 9.18 Å². The minimum absolute atomic E-state index is 0.0332. The van der Waals surface area contributed by atoms with Crippen LogP contribution in [0.25, 0.3) is 0 Å². The number of hydrogen-bond donors (Lipinski definition) is 0. The predicted octanol–water partition coefficient (Wildman–Crippen LogP) is 3.09. The number of ether oxygens (including phenoxy) is 1. The van der Waals surface area contributed by atoms with E-state index in [1.807, 2.05) is 6.07 Å². The highest BCUT2D eigenvalue weighted by molar-refractivity contribution is 5.79. The lowest BCUT2D eigenvalue weighted by Gasteiger charge is -2.10. The van der Waals surface area contributed by atoms with Gasteiger partial charge in [-0.25, -0.2) is 4.39 Å². The third-order valence-corrected chi connectivity index (χ3v) is 2.63. The molecule has 0 bridgehead atoms. The molecule has 0 aliphatic heterocycles. The Morgan fingerprint density at radius 2 is 2.00 bits per heavy atom. The molecule has 0 aliphatic carbocycles. The molecule has 2 rings (SSSR count). The Kier molecular flexibility index (Phi) is 3.89. The van der Waals surface area contributed by atoms with Gasteiger partial charge in [-0.1, -0.05) is 24.3 Å². The van der Waals surface area contributed by atoms with Gasteiger partial charge >= 0.3 is 0 Å². The van der Waals surface area contributed by atoms with Crippen molar-refractivity contribution < 1.29 is 13.9 Å². The maximum absolute atomic E-state index is 13.6. The highest BCUT2D eigenvalue weighted by Gasteiger charge is 2.10. The third kappa shape index (κ3) is 2.78. The number of rotatable bonds is 4. The van der Waals surface area contributed by atoms with E-state index in [1.54, 1.807) is 24.3 Å². The van der Waals surface area contributed by atoms with Gasteiger partial charge in [0.25, 0.3) is 0 Å². The first-order valence-electron chi connectivity index (χ1n) is 5.60. The SMILES string of the molecule is N#Cc1ccccc1COc1c(F)cccc1C=O. The quantitative estimate of drug-likeness (QED) is 0.789. The van der Waals surface area contributed by atoms with Gasteiger partial charge in [-0.3, -0.25) is 4.79 Å². The molecule has 2 aromatic carbocycles. The fraction of sp³-hybridized carbons (Fsp3) is 0.0667. The van der Waals surface area contributed by atoms with Crippen LogP contribution in [0.2, 0.25) is 0 Å². The van der Waals surface area contributed by atoms with Crippen molar-refractivity contribution in [1.82, 2.24) is 0 Å². The van der Waals surface area contributed by atoms with Crippen LogP contribution in [0.3, 0.4) is 0 Å². The molecule has 0 spiro atoms. The summed E-state index contributed by atoms with van der Waals surface area (Å²) >= 11 is 0. The van der Waals surface area contributed by atoms with Crippen molar-refractivity contribution in [3.05, 3.63) is 65.0 Å².